The molecule has 1 aromatic carbocycles. The molecule has 140 valence electrons. The highest BCUT2D eigenvalue weighted by Crippen LogP contribution is 2.34. The van der Waals surface area contributed by atoms with Crippen LogP contribution in [0.4, 0.5) is 0 Å². The van der Waals surface area contributed by atoms with Crippen LogP contribution in [-0.4, -0.2) is 27.4 Å². The van der Waals surface area contributed by atoms with Crippen LogP contribution >= 0.6 is 11.3 Å². The lowest BCUT2D eigenvalue weighted by Crippen LogP contribution is -2.33. The number of amides is 1. The van der Waals surface area contributed by atoms with Crippen LogP contribution in [0.5, 0.6) is 0 Å². The first kappa shape index (κ1) is 17.9. The van der Waals surface area contributed by atoms with Crippen molar-refractivity contribution in [1.82, 2.24) is 14.5 Å². The van der Waals surface area contributed by atoms with Crippen molar-refractivity contribution in [2.75, 3.05) is 7.05 Å². The minimum Gasteiger partial charge on any atom is -0.340 e. The van der Waals surface area contributed by atoms with E-state index in [0.29, 0.717) is 6.54 Å². The molecule has 27 heavy (non-hydrogen) atoms. The van der Waals surface area contributed by atoms with Crippen LogP contribution in [0.25, 0.3) is 10.2 Å². The van der Waals surface area contributed by atoms with Crippen molar-refractivity contribution in [3.05, 3.63) is 62.5 Å². The standard InChI is InChI=1S/C21H23N3O2S/c1-3-14-7-9-15(10-8-14)11-23(2)18(25)12-24-13-22-20-19(21(24)26)16-5-4-6-17(16)27-20/h7-10,13H,3-6,11-12H2,1-2H3. The minimum absolute atomic E-state index is 0.0237. The van der Waals surface area contributed by atoms with E-state index >= 15 is 0 Å². The number of hydrogen-bond donors (Lipinski definition) is 0. The smallest absolute Gasteiger partial charge is 0.262 e. The van der Waals surface area contributed by atoms with Gasteiger partial charge in [-0.15, -0.1) is 11.3 Å². The van der Waals surface area contributed by atoms with Gasteiger partial charge in [0.15, 0.2) is 0 Å². The quantitative estimate of drug-likeness (QED) is 0.682. The maximum atomic E-state index is 12.9. The molecule has 0 spiro atoms. The van der Waals surface area contributed by atoms with Gasteiger partial charge in [-0.2, -0.15) is 0 Å². The van der Waals surface area contributed by atoms with Crippen molar-refractivity contribution in [3.63, 3.8) is 0 Å². The first-order valence-corrected chi connectivity index (χ1v) is 10.2. The van der Waals surface area contributed by atoms with Crippen molar-refractivity contribution in [1.29, 1.82) is 0 Å². The maximum absolute atomic E-state index is 12.9. The Morgan fingerprint density at radius 1 is 1.22 bits per heavy atom. The van der Waals surface area contributed by atoms with Crippen LogP contribution in [0.3, 0.4) is 0 Å². The molecule has 5 nitrogen and oxygen atoms in total. The number of hydrogen-bond acceptors (Lipinski definition) is 4. The van der Waals surface area contributed by atoms with Crippen LogP contribution in [0, 0.1) is 0 Å². The van der Waals surface area contributed by atoms with E-state index in [4.69, 9.17) is 0 Å². The number of carbonyl (C=O) groups is 1. The van der Waals surface area contributed by atoms with Gasteiger partial charge in [0.1, 0.15) is 11.4 Å². The number of benzene rings is 1. The molecule has 1 amide bonds. The van der Waals surface area contributed by atoms with Crippen molar-refractivity contribution in [2.24, 2.45) is 0 Å². The van der Waals surface area contributed by atoms with Gasteiger partial charge < -0.3 is 4.90 Å². The summed E-state index contributed by atoms with van der Waals surface area (Å²) in [4.78, 5) is 33.7. The molecule has 3 aromatic rings. The summed E-state index contributed by atoms with van der Waals surface area (Å²) in [5, 5.41) is 0.723. The average molecular weight is 382 g/mol. The summed E-state index contributed by atoms with van der Waals surface area (Å²) in [6.45, 7) is 2.67. The Morgan fingerprint density at radius 2 is 1.96 bits per heavy atom. The van der Waals surface area contributed by atoms with Crippen molar-refractivity contribution < 1.29 is 4.79 Å². The molecule has 1 aliphatic rings. The van der Waals surface area contributed by atoms with Crippen LogP contribution < -0.4 is 5.56 Å². The van der Waals surface area contributed by atoms with E-state index in [2.05, 4.69) is 36.2 Å². The van der Waals surface area contributed by atoms with Crippen molar-refractivity contribution >= 4 is 27.5 Å². The fraction of sp³-hybridized carbons (Fsp3) is 0.381. The van der Waals surface area contributed by atoms with Crippen molar-refractivity contribution in [2.45, 2.75) is 45.7 Å². The zero-order valence-corrected chi connectivity index (χ0v) is 16.5. The molecule has 2 aromatic heterocycles. The summed E-state index contributed by atoms with van der Waals surface area (Å²) in [6, 6.07) is 8.29. The number of aromatic nitrogens is 2. The molecule has 0 atom stereocenters. The van der Waals surface area contributed by atoms with E-state index in [1.165, 1.54) is 21.3 Å². The minimum atomic E-state index is -0.0929. The zero-order chi connectivity index (χ0) is 19.0. The van der Waals surface area contributed by atoms with E-state index in [9.17, 15) is 9.59 Å². The van der Waals surface area contributed by atoms with Gasteiger partial charge in [-0.1, -0.05) is 31.2 Å². The second-order valence-corrected chi connectivity index (χ2v) is 8.22. The predicted molar refractivity (Wildman–Crippen MR) is 108 cm³/mol. The summed E-state index contributed by atoms with van der Waals surface area (Å²) in [5.41, 5.74) is 3.42. The fourth-order valence-electron chi connectivity index (χ4n) is 3.64. The number of rotatable bonds is 5. The lowest BCUT2D eigenvalue weighted by Gasteiger charge is -2.18. The molecular formula is C21H23N3O2S. The third-order valence-corrected chi connectivity index (χ3v) is 6.47. The lowest BCUT2D eigenvalue weighted by atomic mass is 10.1. The normalized spacial score (nSPS) is 13.1. The third-order valence-electron chi connectivity index (χ3n) is 5.27. The van der Waals surface area contributed by atoms with Crippen LogP contribution in [0.2, 0.25) is 0 Å². The van der Waals surface area contributed by atoms with E-state index in [-0.39, 0.29) is 18.0 Å². The summed E-state index contributed by atoms with van der Waals surface area (Å²) in [5.74, 6) is -0.0929. The molecule has 2 heterocycles. The number of nitrogens with zero attached hydrogens (tertiary/aromatic N) is 3. The molecule has 0 unspecified atom stereocenters. The molecule has 0 fully saturated rings. The van der Waals surface area contributed by atoms with Gasteiger partial charge in [-0.3, -0.25) is 14.2 Å². The number of aryl methyl sites for hydroxylation is 3. The van der Waals surface area contributed by atoms with Crippen LogP contribution in [-0.2, 0) is 37.1 Å². The first-order valence-electron chi connectivity index (χ1n) is 9.38. The van der Waals surface area contributed by atoms with Gasteiger partial charge in [0, 0.05) is 18.5 Å². The van der Waals surface area contributed by atoms with Gasteiger partial charge in [-0.05, 0) is 42.4 Å². The van der Waals surface area contributed by atoms with Gasteiger partial charge >= 0.3 is 0 Å². The topological polar surface area (TPSA) is 55.2 Å². The summed E-state index contributed by atoms with van der Waals surface area (Å²) in [6.07, 6.45) is 5.59. The highest BCUT2D eigenvalue weighted by molar-refractivity contribution is 7.18. The van der Waals surface area contributed by atoms with Gasteiger partial charge in [0.2, 0.25) is 5.91 Å². The summed E-state index contributed by atoms with van der Waals surface area (Å²) >= 11 is 1.62. The molecule has 0 bridgehead atoms. The van der Waals surface area contributed by atoms with Gasteiger partial charge in [-0.25, -0.2) is 4.98 Å². The third kappa shape index (κ3) is 3.41. The van der Waals surface area contributed by atoms with E-state index in [1.54, 1.807) is 23.3 Å². The Morgan fingerprint density at radius 3 is 2.70 bits per heavy atom. The largest absolute Gasteiger partial charge is 0.340 e. The second-order valence-electron chi connectivity index (χ2n) is 7.13. The van der Waals surface area contributed by atoms with Crippen LogP contribution in [0.1, 0.15) is 34.9 Å². The molecule has 0 aliphatic heterocycles. The SMILES string of the molecule is CCc1ccc(CN(C)C(=O)Cn2cnc3sc4c(c3c2=O)CCC4)cc1. The first-order chi connectivity index (χ1) is 13.1. The number of fused-ring (bicyclic) bond motifs is 3. The molecule has 0 radical (unpaired) electrons. The lowest BCUT2D eigenvalue weighted by molar-refractivity contribution is -0.131. The number of thiophene rings is 1. The number of carbonyl (C=O) groups excluding carboxylic acids is 1. The van der Waals surface area contributed by atoms with Crippen molar-refractivity contribution in [3.8, 4) is 0 Å². The van der Waals surface area contributed by atoms with Gasteiger partial charge in [0.05, 0.1) is 11.7 Å². The average Bonchev–Trinajstić information content (AvgIpc) is 3.25. The van der Waals surface area contributed by atoms with E-state index < -0.39 is 0 Å². The molecular weight excluding hydrogens is 358 g/mol. The molecule has 0 saturated heterocycles. The Hall–Kier alpha value is -2.47. The molecule has 6 heteroatoms. The highest BCUT2D eigenvalue weighted by atomic mass is 32.1. The Balaban J connectivity index is 1.51. The summed E-state index contributed by atoms with van der Waals surface area (Å²) < 4.78 is 1.45. The van der Waals surface area contributed by atoms with E-state index in [0.717, 1.165) is 47.0 Å². The highest BCUT2D eigenvalue weighted by Gasteiger charge is 2.22. The predicted octanol–water partition coefficient (Wildman–Crippen LogP) is 3.17. The molecule has 0 saturated carbocycles. The molecule has 0 N–H and O–H groups in total. The second kappa shape index (κ2) is 7.27. The maximum Gasteiger partial charge on any atom is 0.262 e. The Labute approximate surface area is 162 Å². The Bertz CT molecular complexity index is 1050. The number of likely N-dealkylation sites (N-methyl/N-ethyl adjacent to an activating group) is 1. The van der Waals surface area contributed by atoms with Crippen LogP contribution in [0.15, 0.2) is 35.4 Å². The Kier molecular flexibility index (Phi) is 4.83. The summed E-state index contributed by atoms with van der Waals surface area (Å²) in [7, 11) is 1.77. The zero-order valence-electron chi connectivity index (χ0n) is 15.7. The molecule has 4 rings (SSSR count). The molecule has 1 aliphatic carbocycles. The van der Waals surface area contributed by atoms with E-state index in [1.807, 2.05) is 0 Å². The fourth-order valence-corrected chi connectivity index (χ4v) is 4.86. The van der Waals surface area contributed by atoms with Gasteiger partial charge in [0.25, 0.3) is 5.56 Å². The monoisotopic (exact) mass is 381 g/mol.